The molecule has 23 heavy (non-hydrogen) atoms. The molecule has 0 unspecified atom stereocenters. The average molecular weight is 317 g/mol. The molecule has 2 N–H and O–H groups in total. The van der Waals surface area contributed by atoms with Gasteiger partial charge in [-0.15, -0.1) is 0 Å². The van der Waals surface area contributed by atoms with E-state index in [9.17, 15) is 9.59 Å². The Labute approximate surface area is 138 Å². The first-order chi connectivity index (χ1) is 10.9. The lowest BCUT2D eigenvalue weighted by Crippen LogP contribution is -2.46. The third-order valence-electron chi connectivity index (χ3n) is 4.10. The van der Waals surface area contributed by atoms with Crippen LogP contribution >= 0.6 is 0 Å². The summed E-state index contributed by atoms with van der Waals surface area (Å²) < 4.78 is 0. The summed E-state index contributed by atoms with van der Waals surface area (Å²) in [6.07, 6.45) is 1.98. The van der Waals surface area contributed by atoms with Gasteiger partial charge < -0.3 is 15.5 Å². The monoisotopic (exact) mass is 317 g/mol. The van der Waals surface area contributed by atoms with Crippen molar-refractivity contribution in [2.45, 2.75) is 39.7 Å². The second-order valence-electron chi connectivity index (χ2n) is 6.70. The fourth-order valence-corrected chi connectivity index (χ4v) is 2.92. The number of carbonyl (C=O) groups excluding carboxylic acids is 2. The van der Waals surface area contributed by atoms with Gasteiger partial charge in [-0.25, -0.2) is 4.79 Å². The maximum Gasteiger partial charge on any atom is 0.319 e. The van der Waals surface area contributed by atoms with Gasteiger partial charge in [0.2, 0.25) is 0 Å². The number of carbonyl (C=O) groups is 2. The van der Waals surface area contributed by atoms with E-state index in [1.54, 1.807) is 24.3 Å². The minimum atomic E-state index is -0.178. The van der Waals surface area contributed by atoms with Crippen molar-refractivity contribution in [1.82, 2.24) is 10.2 Å². The Morgan fingerprint density at radius 1 is 1.17 bits per heavy atom. The molecule has 0 bridgehead atoms. The van der Waals surface area contributed by atoms with E-state index in [1.807, 2.05) is 0 Å². The molecule has 1 aromatic carbocycles. The second-order valence-corrected chi connectivity index (χ2v) is 6.70. The molecule has 1 saturated heterocycles. The van der Waals surface area contributed by atoms with Crippen molar-refractivity contribution < 1.29 is 9.59 Å². The number of piperidine rings is 1. The lowest BCUT2D eigenvalue weighted by atomic mass is 10.0. The first-order valence-corrected chi connectivity index (χ1v) is 8.35. The third-order valence-corrected chi connectivity index (χ3v) is 4.10. The largest absolute Gasteiger partial charge is 0.335 e. The quantitative estimate of drug-likeness (QED) is 0.820. The second kappa shape index (κ2) is 8.11. The highest BCUT2D eigenvalue weighted by Crippen LogP contribution is 2.13. The summed E-state index contributed by atoms with van der Waals surface area (Å²) in [5.74, 6) is 0.704. The molecular weight excluding hydrogens is 290 g/mol. The standard InChI is InChI=1S/C18H27N3O2/c1-13(2)12-21-10-8-17(9-11-21)20-18(23)19-16-6-4-15(5-7-16)14(3)22/h4-7,13,17H,8-12H2,1-3H3,(H2,19,20,23). The number of anilines is 1. The smallest absolute Gasteiger partial charge is 0.319 e. The minimum Gasteiger partial charge on any atom is -0.335 e. The van der Waals surface area contributed by atoms with Crippen molar-refractivity contribution in [3.05, 3.63) is 29.8 Å². The molecule has 0 saturated carbocycles. The summed E-state index contributed by atoms with van der Waals surface area (Å²) in [6, 6.07) is 7.01. The Balaban J connectivity index is 1.76. The molecule has 1 fully saturated rings. The molecule has 0 aliphatic carbocycles. The van der Waals surface area contributed by atoms with Gasteiger partial charge in [-0.2, -0.15) is 0 Å². The number of amides is 2. The SMILES string of the molecule is CC(=O)c1ccc(NC(=O)NC2CCN(CC(C)C)CC2)cc1. The summed E-state index contributed by atoms with van der Waals surface area (Å²) in [7, 11) is 0. The fraction of sp³-hybridized carbons (Fsp3) is 0.556. The van der Waals surface area contributed by atoms with Crippen LogP contribution in [0.4, 0.5) is 10.5 Å². The van der Waals surface area contributed by atoms with Crippen molar-refractivity contribution in [3.8, 4) is 0 Å². The molecular formula is C18H27N3O2. The number of Topliss-reactive ketones (excluding diaryl/α,β-unsaturated/α-hetero) is 1. The Bertz CT molecular complexity index is 532. The van der Waals surface area contributed by atoms with Crippen molar-refractivity contribution >= 4 is 17.5 Å². The van der Waals surface area contributed by atoms with Gasteiger partial charge in [-0.3, -0.25) is 4.79 Å². The summed E-state index contributed by atoms with van der Waals surface area (Å²) in [5.41, 5.74) is 1.35. The number of benzene rings is 1. The predicted molar refractivity (Wildman–Crippen MR) is 92.9 cm³/mol. The van der Waals surface area contributed by atoms with E-state index in [1.165, 1.54) is 6.92 Å². The Kier molecular flexibility index (Phi) is 6.16. The maximum atomic E-state index is 12.1. The lowest BCUT2D eigenvalue weighted by molar-refractivity contribution is 0.101. The van der Waals surface area contributed by atoms with Crippen LogP contribution in [0.5, 0.6) is 0 Å². The molecule has 0 atom stereocenters. The van der Waals surface area contributed by atoms with E-state index < -0.39 is 0 Å². The van der Waals surface area contributed by atoms with Crippen LogP contribution in [0.25, 0.3) is 0 Å². The number of likely N-dealkylation sites (tertiary alicyclic amines) is 1. The number of hydrogen-bond acceptors (Lipinski definition) is 3. The number of nitrogens with one attached hydrogen (secondary N) is 2. The minimum absolute atomic E-state index is 0.0224. The van der Waals surface area contributed by atoms with Crippen LogP contribution in [-0.2, 0) is 0 Å². The Morgan fingerprint density at radius 2 is 1.78 bits per heavy atom. The zero-order valence-electron chi connectivity index (χ0n) is 14.3. The van der Waals surface area contributed by atoms with Crippen molar-refractivity contribution in [1.29, 1.82) is 0 Å². The molecule has 1 aliphatic heterocycles. The highest BCUT2D eigenvalue weighted by molar-refractivity contribution is 5.95. The number of urea groups is 1. The molecule has 5 nitrogen and oxygen atoms in total. The van der Waals surface area contributed by atoms with Gasteiger partial charge in [0.1, 0.15) is 0 Å². The van der Waals surface area contributed by atoms with Gasteiger partial charge in [0.05, 0.1) is 0 Å². The molecule has 126 valence electrons. The van der Waals surface area contributed by atoms with E-state index in [4.69, 9.17) is 0 Å². The van der Waals surface area contributed by atoms with Crippen LogP contribution in [0.3, 0.4) is 0 Å². The number of hydrogen-bond donors (Lipinski definition) is 2. The van der Waals surface area contributed by atoms with E-state index in [0.29, 0.717) is 17.2 Å². The lowest BCUT2D eigenvalue weighted by Gasteiger charge is -2.33. The Morgan fingerprint density at radius 3 is 2.30 bits per heavy atom. The molecule has 1 heterocycles. The number of rotatable bonds is 5. The van der Waals surface area contributed by atoms with E-state index >= 15 is 0 Å². The molecule has 2 amide bonds. The van der Waals surface area contributed by atoms with Gasteiger partial charge in [-0.05, 0) is 49.9 Å². The highest BCUT2D eigenvalue weighted by Gasteiger charge is 2.20. The highest BCUT2D eigenvalue weighted by atomic mass is 16.2. The zero-order valence-corrected chi connectivity index (χ0v) is 14.3. The molecule has 1 aliphatic rings. The Hall–Kier alpha value is -1.88. The fourth-order valence-electron chi connectivity index (χ4n) is 2.92. The summed E-state index contributed by atoms with van der Waals surface area (Å²) in [6.45, 7) is 9.19. The van der Waals surface area contributed by atoms with Crippen LogP contribution in [0.15, 0.2) is 24.3 Å². The van der Waals surface area contributed by atoms with Gasteiger partial charge in [0.15, 0.2) is 5.78 Å². The molecule has 0 radical (unpaired) electrons. The van der Waals surface area contributed by atoms with Crippen LogP contribution in [0.2, 0.25) is 0 Å². The van der Waals surface area contributed by atoms with Gasteiger partial charge in [-0.1, -0.05) is 13.8 Å². The molecule has 1 aromatic rings. The molecule has 5 heteroatoms. The zero-order chi connectivity index (χ0) is 16.8. The average Bonchev–Trinajstić information content (AvgIpc) is 2.49. The topological polar surface area (TPSA) is 61.4 Å². The maximum absolute atomic E-state index is 12.1. The van der Waals surface area contributed by atoms with Gasteiger partial charge in [0, 0.05) is 36.9 Å². The first kappa shape index (κ1) is 17.5. The molecule has 2 rings (SSSR count). The molecule has 0 spiro atoms. The van der Waals surface area contributed by atoms with Crippen molar-refractivity contribution in [2.24, 2.45) is 5.92 Å². The van der Waals surface area contributed by atoms with Crippen LogP contribution in [0.1, 0.15) is 44.0 Å². The first-order valence-electron chi connectivity index (χ1n) is 8.35. The normalized spacial score (nSPS) is 16.3. The van der Waals surface area contributed by atoms with E-state index in [2.05, 4.69) is 29.4 Å². The molecule has 0 aromatic heterocycles. The van der Waals surface area contributed by atoms with Crippen LogP contribution in [-0.4, -0.2) is 42.4 Å². The number of ketones is 1. The number of nitrogens with zero attached hydrogens (tertiary/aromatic N) is 1. The van der Waals surface area contributed by atoms with E-state index in [-0.39, 0.29) is 17.9 Å². The summed E-state index contributed by atoms with van der Waals surface area (Å²) in [5, 5.41) is 5.86. The van der Waals surface area contributed by atoms with Gasteiger partial charge in [0.25, 0.3) is 0 Å². The summed E-state index contributed by atoms with van der Waals surface area (Å²) in [4.78, 5) is 25.7. The van der Waals surface area contributed by atoms with Gasteiger partial charge >= 0.3 is 6.03 Å². The third kappa shape index (κ3) is 5.67. The summed E-state index contributed by atoms with van der Waals surface area (Å²) >= 11 is 0. The van der Waals surface area contributed by atoms with Crippen molar-refractivity contribution in [3.63, 3.8) is 0 Å². The van der Waals surface area contributed by atoms with Crippen molar-refractivity contribution in [2.75, 3.05) is 25.0 Å². The van der Waals surface area contributed by atoms with E-state index in [0.717, 1.165) is 32.5 Å². The predicted octanol–water partition coefficient (Wildman–Crippen LogP) is 3.13. The van der Waals surface area contributed by atoms with Crippen LogP contribution in [0, 0.1) is 5.92 Å². The van der Waals surface area contributed by atoms with Crippen LogP contribution < -0.4 is 10.6 Å².